The number of benzene rings is 3. The summed E-state index contributed by atoms with van der Waals surface area (Å²) in [6.07, 6.45) is -0.677. The molecule has 1 aliphatic heterocycles. The van der Waals surface area contributed by atoms with Crippen LogP contribution >= 0.6 is 34.2 Å². The van der Waals surface area contributed by atoms with Crippen LogP contribution in [0.25, 0.3) is 0 Å². The molecule has 0 saturated carbocycles. The molecule has 4 rings (SSSR count). The van der Waals surface area contributed by atoms with Crippen molar-refractivity contribution < 1.29 is 28.3 Å². The van der Waals surface area contributed by atoms with Crippen molar-refractivity contribution >= 4 is 57.7 Å². The second-order valence-corrected chi connectivity index (χ2v) is 11.0. The molecule has 0 spiro atoms. The Morgan fingerprint density at radius 1 is 1.03 bits per heavy atom. The van der Waals surface area contributed by atoms with Gasteiger partial charge in [0, 0.05) is 33.4 Å². The maximum absolute atomic E-state index is 14.1. The normalized spacial score (nSPS) is 15.2. The Balaban J connectivity index is 1.60. The Hall–Kier alpha value is -3.09. The average molecular weight is 668 g/mol. The molecule has 0 aromatic heterocycles. The zero-order chi connectivity index (χ0) is 28.3. The lowest BCUT2D eigenvalue weighted by Gasteiger charge is -2.49. The summed E-state index contributed by atoms with van der Waals surface area (Å²) in [6, 6.07) is 16.4. The minimum atomic E-state index is -1.25. The number of hydrogen-bond donors (Lipinski definition) is 2. The maximum Gasteiger partial charge on any atom is 0.325 e. The molecule has 2 atom stereocenters. The van der Waals surface area contributed by atoms with Crippen LogP contribution < -0.4 is 10.2 Å². The molecule has 3 aromatic rings. The van der Waals surface area contributed by atoms with E-state index in [4.69, 9.17) is 16.7 Å². The van der Waals surface area contributed by atoms with Gasteiger partial charge in [0.2, 0.25) is 11.8 Å². The smallest absolute Gasteiger partial charge is 0.325 e. The van der Waals surface area contributed by atoms with E-state index in [0.29, 0.717) is 24.2 Å². The van der Waals surface area contributed by atoms with Gasteiger partial charge in [-0.3, -0.25) is 19.3 Å². The summed E-state index contributed by atoms with van der Waals surface area (Å²) in [6.45, 7) is 1.99. The molecule has 1 fully saturated rings. The van der Waals surface area contributed by atoms with Crippen molar-refractivity contribution in [1.82, 2.24) is 10.2 Å². The van der Waals surface area contributed by atoms with Crippen molar-refractivity contribution in [3.05, 3.63) is 98.1 Å². The molecule has 0 aliphatic carbocycles. The molecule has 3 aromatic carbocycles. The third-order valence-corrected chi connectivity index (χ3v) is 7.42. The van der Waals surface area contributed by atoms with Gasteiger partial charge < -0.3 is 15.3 Å². The van der Waals surface area contributed by atoms with E-state index in [9.17, 15) is 23.2 Å². The van der Waals surface area contributed by atoms with Gasteiger partial charge in [0.1, 0.15) is 24.1 Å². The van der Waals surface area contributed by atoms with Crippen molar-refractivity contribution in [1.29, 1.82) is 0 Å². The molecule has 11 heteroatoms. The van der Waals surface area contributed by atoms with E-state index in [1.165, 1.54) is 11.8 Å². The number of amides is 2. The third-order valence-electron chi connectivity index (χ3n) is 6.45. The number of hydrogen-bond acceptors (Lipinski definition) is 4. The summed E-state index contributed by atoms with van der Waals surface area (Å²) >= 11 is 8.34. The zero-order valence-electron chi connectivity index (χ0n) is 20.8. The molecule has 1 saturated heterocycles. The monoisotopic (exact) mass is 667 g/mol. The second-order valence-electron chi connectivity index (χ2n) is 9.31. The number of halogens is 4. The number of aliphatic carboxylic acids is 1. The lowest BCUT2D eigenvalue weighted by Crippen LogP contribution is -2.62. The van der Waals surface area contributed by atoms with E-state index in [0.717, 1.165) is 26.8 Å². The van der Waals surface area contributed by atoms with Crippen molar-refractivity contribution in [2.24, 2.45) is 0 Å². The van der Waals surface area contributed by atoms with Crippen LogP contribution in [0.4, 0.5) is 14.5 Å². The van der Waals surface area contributed by atoms with Crippen LogP contribution in [0.2, 0.25) is 5.02 Å². The zero-order valence-corrected chi connectivity index (χ0v) is 23.7. The number of carbonyl (C=O) groups is 3. The SMILES string of the molecule is CC(NC(=O)CC(=O)N(c1cc(F)cc(F)c1)C1CN(C(c2ccc(Cl)cc2)c2ccc(I)cc2)C1)C(=O)O. The van der Waals surface area contributed by atoms with E-state index in [2.05, 4.69) is 32.8 Å². The summed E-state index contributed by atoms with van der Waals surface area (Å²) in [7, 11) is 0. The highest BCUT2D eigenvalue weighted by Gasteiger charge is 2.40. The number of rotatable bonds is 9. The van der Waals surface area contributed by atoms with E-state index in [1.54, 1.807) is 12.1 Å². The minimum absolute atomic E-state index is 0.0152. The highest BCUT2D eigenvalue weighted by atomic mass is 127. The van der Waals surface area contributed by atoms with E-state index in [-0.39, 0.29) is 11.7 Å². The van der Waals surface area contributed by atoms with Gasteiger partial charge in [-0.2, -0.15) is 0 Å². The van der Waals surface area contributed by atoms with E-state index in [1.807, 2.05) is 36.4 Å². The first-order valence-electron chi connectivity index (χ1n) is 12.1. The highest BCUT2D eigenvalue weighted by molar-refractivity contribution is 14.1. The predicted octanol–water partition coefficient (Wildman–Crippen LogP) is 5.01. The maximum atomic E-state index is 14.1. The molecule has 2 N–H and O–H groups in total. The molecule has 39 heavy (non-hydrogen) atoms. The predicted molar refractivity (Wildman–Crippen MR) is 152 cm³/mol. The Kier molecular flexibility index (Phi) is 9.19. The first-order valence-corrected chi connectivity index (χ1v) is 13.5. The van der Waals surface area contributed by atoms with Gasteiger partial charge in [-0.1, -0.05) is 35.9 Å². The van der Waals surface area contributed by atoms with Crippen LogP contribution in [0.15, 0.2) is 66.7 Å². The molecule has 0 radical (unpaired) electrons. The molecule has 0 bridgehead atoms. The van der Waals surface area contributed by atoms with Gasteiger partial charge in [0.25, 0.3) is 0 Å². The number of anilines is 1. The fraction of sp³-hybridized carbons (Fsp3) is 0.250. The Bertz CT molecular complexity index is 1300. The number of carbonyl (C=O) groups excluding carboxylic acids is 2. The number of carboxylic acids is 1. The Morgan fingerprint density at radius 2 is 1.56 bits per heavy atom. The topological polar surface area (TPSA) is 90.0 Å². The van der Waals surface area contributed by atoms with Crippen LogP contribution in [0, 0.1) is 15.2 Å². The molecular weight excluding hydrogens is 643 g/mol. The fourth-order valence-corrected chi connectivity index (χ4v) is 5.07. The lowest BCUT2D eigenvalue weighted by atomic mass is 9.92. The number of likely N-dealkylation sites (tertiary alicyclic amines) is 1. The standard InChI is InChI=1S/C28H25ClF2IN3O4/c1-16(28(38)39)33-25(36)13-26(37)35(23-11-20(30)10-21(31)12-23)24-14-34(15-24)27(17-2-6-19(29)7-3-17)18-4-8-22(32)9-5-18/h2-12,16,24,27H,13-15H2,1H3,(H,33,36)(H,38,39). The Morgan fingerprint density at radius 3 is 2.10 bits per heavy atom. The number of carboxylic acid groups (broad SMARTS) is 1. The van der Waals surface area contributed by atoms with E-state index < -0.39 is 47.9 Å². The van der Waals surface area contributed by atoms with Gasteiger partial charge in [0.05, 0.1) is 12.1 Å². The van der Waals surface area contributed by atoms with Gasteiger partial charge in [-0.15, -0.1) is 0 Å². The molecule has 2 amide bonds. The quantitative estimate of drug-likeness (QED) is 0.248. The summed E-state index contributed by atoms with van der Waals surface area (Å²) in [5.41, 5.74) is 1.99. The van der Waals surface area contributed by atoms with Crippen LogP contribution in [0.3, 0.4) is 0 Å². The molecular formula is C28H25ClF2IN3O4. The second kappa shape index (κ2) is 12.4. The average Bonchev–Trinajstić information content (AvgIpc) is 2.83. The highest BCUT2D eigenvalue weighted by Crippen LogP contribution is 2.36. The van der Waals surface area contributed by atoms with Crippen LogP contribution in [-0.4, -0.2) is 53.0 Å². The fourth-order valence-electron chi connectivity index (χ4n) is 4.58. The van der Waals surface area contributed by atoms with Gasteiger partial charge >= 0.3 is 5.97 Å². The van der Waals surface area contributed by atoms with Crippen molar-refractivity contribution in [2.75, 3.05) is 18.0 Å². The van der Waals surface area contributed by atoms with Gasteiger partial charge in [-0.25, -0.2) is 8.78 Å². The molecule has 1 heterocycles. The first-order chi connectivity index (χ1) is 18.5. The van der Waals surface area contributed by atoms with Crippen LogP contribution in [-0.2, 0) is 14.4 Å². The van der Waals surface area contributed by atoms with Crippen LogP contribution in [0.1, 0.15) is 30.5 Å². The third kappa shape index (κ3) is 7.11. The van der Waals surface area contributed by atoms with Crippen LogP contribution in [0.5, 0.6) is 0 Å². The van der Waals surface area contributed by atoms with Crippen molar-refractivity contribution in [3.63, 3.8) is 0 Å². The molecule has 1 aliphatic rings. The first kappa shape index (κ1) is 28.9. The molecule has 2 unspecified atom stereocenters. The minimum Gasteiger partial charge on any atom is -0.480 e. The summed E-state index contributed by atoms with van der Waals surface area (Å²) < 4.78 is 29.3. The summed E-state index contributed by atoms with van der Waals surface area (Å²) in [5, 5.41) is 11.9. The van der Waals surface area contributed by atoms with Crippen molar-refractivity contribution in [2.45, 2.75) is 31.5 Å². The molecule has 204 valence electrons. The summed E-state index contributed by atoms with van der Waals surface area (Å²) in [5.74, 6) is -4.47. The van der Waals surface area contributed by atoms with Crippen molar-refractivity contribution in [3.8, 4) is 0 Å². The number of nitrogens with one attached hydrogen (secondary N) is 1. The Labute approximate surface area is 242 Å². The lowest BCUT2D eigenvalue weighted by molar-refractivity contribution is -0.142. The van der Waals surface area contributed by atoms with Gasteiger partial charge in [-0.05, 0) is 77.0 Å². The number of nitrogens with zero attached hydrogens (tertiary/aromatic N) is 2. The largest absolute Gasteiger partial charge is 0.480 e. The molecule has 7 nitrogen and oxygen atoms in total. The van der Waals surface area contributed by atoms with Gasteiger partial charge in [0.15, 0.2) is 0 Å². The summed E-state index contributed by atoms with van der Waals surface area (Å²) in [4.78, 5) is 40.1. The van der Waals surface area contributed by atoms with E-state index >= 15 is 0 Å².